The van der Waals surface area contributed by atoms with Crippen molar-refractivity contribution in [3.05, 3.63) is 57.8 Å². The molecular weight excluding hydrogens is 292 g/mol. The quantitative estimate of drug-likeness (QED) is 0.919. The Hall–Kier alpha value is -1.68. The van der Waals surface area contributed by atoms with Gasteiger partial charge in [0.25, 0.3) is 5.91 Å². The second-order valence-corrected chi connectivity index (χ2v) is 4.91. The van der Waals surface area contributed by atoms with Crippen LogP contribution >= 0.6 is 15.9 Å². The first kappa shape index (κ1) is 12.8. The molecule has 0 atom stereocenters. The highest BCUT2D eigenvalue weighted by atomic mass is 79.9. The summed E-state index contributed by atoms with van der Waals surface area (Å²) in [5.74, 6) is -0.108. The summed E-state index contributed by atoms with van der Waals surface area (Å²) in [4.78, 5) is 16.2. The predicted molar refractivity (Wildman–Crippen MR) is 75.8 cm³/mol. The van der Waals surface area contributed by atoms with E-state index in [1.54, 1.807) is 18.5 Å². The lowest BCUT2D eigenvalue weighted by Gasteiger charge is -2.10. The molecule has 1 aromatic carbocycles. The highest BCUT2D eigenvalue weighted by Crippen LogP contribution is 2.21. The fourth-order valence-electron chi connectivity index (χ4n) is 1.66. The summed E-state index contributed by atoms with van der Waals surface area (Å²) in [6, 6.07) is 7.38. The number of nitrogens with one attached hydrogen (secondary N) is 1. The second-order valence-electron chi connectivity index (χ2n) is 4.06. The maximum Gasteiger partial charge on any atom is 0.255 e. The van der Waals surface area contributed by atoms with Crippen molar-refractivity contribution >= 4 is 27.5 Å². The monoisotopic (exact) mass is 304 g/mol. The largest absolute Gasteiger partial charge is 0.322 e. The minimum atomic E-state index is -0.108. The van der Waals surface area contributed by atoms with Gasteiger partial charge in [-0.3, -0.25) is 9.78 Å². The molecule has 0 spiro atoms. The molecule has 3 nitrogen and oxygen atoms in total. The van der Waals surface area contributed by atoms with Gasteiger partial charge in [0.05, 0.1) is 0 Å². The first-order chi connectivity index (χ1) is 8.59. The number of hydrogen-bond donors (Lipinski definition) is 1. The van der Waals surface area contributed by atoms with Crippen LogP contribution in [0.4, 0.5) is 5.69 Å². The second kappa shape index (κ2) is 5.31. The molecule has 2 aromatic rings. The fourth-order valence-corrected chi connectivity index (χ4v) is 2.02. The number of carbonyl (C=O) groups excluding carboxylic acids is 1. The number of halogens is 1. The van der Waals surface area contributed by atoms with Crippen LogP contribution in [-0.4, -0.2) is 10.9 Å². The summed E-state index contributed by atoms with van der Waals surface area (Å²) >= 11 is 3.42. The number of rotatable bonds is 2. The molecule has 92 valence electrons. The minimum Gasteiger partial charge on any atom is -0.322 e. The number of carbonyl (C=O) groups is 1. The van der Waals surface area contributed by atoms with Crippen molar-refractivity contribution in [2.24, 2.45) is 0 Å². The highest BCUT2D eigenvalue weighted by molar-refractivity contribution is 9.10. The number of pyridine rings is 1. The molecule has 18 heavy (non-hydrogen) atoms. The Morgan fingerprint density at radius 2 is 2.06 bits per heavy atom. The molecule has 0 aliphatic carbocycles. The smallest absolute Gasteiger partial charge is 0.255 e. The Balaban J connectivity index is 2.28. The zero-order chi connectivity index (χ0) is 13.1. The molecule has 1 heterocycles. The van der Waals surface area contributed by atoms with Gasteiger partial charge in [0.15, 0.2) is 0 Å². The third kappa shape index (κ3) is 2.59. The Morgan fingerprint density at radius 1 is 1.28 bits per heavy atom. The van der Waals surface area contributed by atoms with Crippen LogP contribution in [0, 0.1) is 13.8 Å². The molecule has 1 amide bonds. The van der Waals surface area contributed by atoms with Crippen LogP contribution in [0.15, 0.2) is 41.1 Å². The van der Waals surface area contributed by atoms with Gasteiger partial charge in [0.1, 0.15) is 0 Å². The summed E-state index contributed by atoms with van der Waals surface area (Å²) in [6.45, 7) is 3.83. The normalized spacial score (nSPS) is 10.2. The molecule has 2 rings (SSSR count). The van der Waals surface area contributed by atoms with Crippen LogP contribution in [-0.2, 0) is 0 Å². The Kier molecular flexibility index (Phi) is 3.77. The number of hydrogen-bond acceptors (Lipinski definition) is 2. The van der Waals surface area contributed by atoms with E-state index in [1.807, 2.05) is 32.0 Å². The minimum absolute atomic E-state index is 0.108. The average molecular weight is 305 g/mol. The summed E-state index contributed by atoms with van der Waals surface area (Å²) in [6.07, 6.45) is 3.39. The first-order valence-corrected chi connectivity index (χ1v) is 6.36. The zero-order valence-corrected chi connectivity index (χ0v) is 11.8. The van der Waals surface area contributed by atoms with Gasteiger partial charge >= 0.3 is 0 Å². The summed E-state index contributed by atoms with van der Waals surface area (Å²) in [7, 11) is 0. The Morgan fingerprint density at radius 3 is 2.78 bits per heavy atom. The standard InChI is InChI=1S/C14H13BrN2O/c1-9-8-16-7-6-13(9)17-14(18)11-4-3-5-12(15)10(11)2/h3-8H,1-2H3,(H,16,17,18). The molecule has 0 aliphatic rings. The van der Waals surface area contributed by atoms with Gasteiger partial charge < -0.3 is 5.32 Å². The average Bonchev–Trinajstić information content (AvgIpc) is 2.35. The number of aryl methyl sites for hydroxylation is 1. The van der Waals surface area contributed by atoms with E-state index in [2.05, 4.69) is 26.2 Å². The van der Waals surface area contributed by atoms with Crippen LogP contribution in [0.3, 0.4) is 0 Å². The van der Waals surface area contributed by atoms with Crippen molar-refractivity contribution in [3.8, 4) is 0 Å². The van der Waals surface area contributed by atoms with E-state index >= 15 is 0 Å². The summed E-state index contributed by atoms with van der Waals surface area (Å²) in [5.41, 5.74) is 3.33. The van der Waals surface area contributed by atoms with Gasteiger partial charge in [-0.2, -0.15) is 0 Å². The van der Waals surface area contributed by atoms with Crippen LogP contribution in [0.1, 0.15) is 21.5 Å². The topological polar surface area (TPSA) is 42.0 Å². The number of aromatic nitrogens is 1. The van der Waals surface area contributed by atoms with E-state index < -0.39 is 0 Å². The van der Waals surface area contributed by atoms with Crippen LogP contribution < -0.4 is 5.32 Å². The molecule has 1 N–H and O–H groups in total. The van der Waals surface area contributed by atoms with E-state index in [1.165, 1.54) is 0 Å². The molecule has 0 fully saturated rings. The SMILES string of the molecule is Cc1cnccc1NC(=O)c1cccc(Br)c1C. The third-order valence-electron chi connectivity index (χ3n) is 2.78. The van der Waals surface area contributed by atoms with E-state index in [9.17, 15) is 4.79 Å². The van der Waals surface area contributed by atoms with E-state index in [-0.39, 0.29) is 5.91 Å². The third-order valence-corrected chi connectivity index (χ3v) is 3.64. The lowest BCUT2D eigenvalue weighted by Crippen LogP contribution is -2.14. The maximum atomic E-state index is 12.2. The number of benzene rings is 1. The highest BCUT2D eigenvalue weighted by Gasteiger charge is 2.11. The van der Waals surface area contributed by atoms with Crippen LogP contribution in [0.2, 0.25) is 0 Å². The number of anilines is 1. The molecule has 0 saturated heterocycles. The van der Waals surface area contributed by atoms with Crippen molar-refractivity contribution in [2.45, 2.75) is 13.8 Å². The molecule has 0 bridgehead atoms. The molecule has 4 heteroatoms. The van der Waals surface area contributed by atoms with E-state index in [4.69, 9.17) is 0 Å². The zero-order valence-electron chi connectivity index (χ0n) is 10.2. The number of amides is 1. The van der Waals surface area contributed by atoms with Gasteiger partial charge in [-0.1, -0.05) is 22.0 Å². The van der Waals surface area contributed by atoms with Gasteiger partial charge in [-0.25, -0.2) is 0 Å². The van der Waals surface area contributed by atoms with Gasteiger partial charge in [-0.05, 0) is 43.2 Å². The Labute approximate surface area is 114 Å². The van der Waals surface area contributed by atoms with Gasteiger partial charge in [0.2, 0.25) is 0 Å². The van der Waals surface area contributed by atoms with E-state index in [0.717, 1.165) is 21.3 Å². The summed E-state index contributed by atoms with van der Waals surface area (Å²) < 4.78 is 0.932. The molecule has 0 radical (unpaired) electrons. The van der Waals surface area contributed by atoms with Gasteiger partial charge in [-0.15, -0.1) is 0 Å². The lowest BCUT2D eigenvalue weighted by molar-refractivity contribution is 0.102. The lowest BCUT2D eigenvalue weighted by atomic mass is 10.1. The molecular formula is C14H13BrN2O. The predicted octanol–water partition coefficient (Wildman–Crippen LogP) is 3.71. The molecule has 0 unspecified atom stereocenters. The van der Waals surface area contributed by atoms with Crippen molar-refractivity contribution in [2.75, 3.05) is 5.32 Å². The van der Waals surface area contributed by atoms with Crippen molar-refractivity contribution in [1.29, 1.82) is 0 Å². The van der Waals surface area contributed by atoms with Crippen LogP contribution in [0.25, 0.3) is 0 Å². The van der Waals surface area contributed by atoms with Crippen molar-refractivity contribution in [3.63, 3.8) is 0 Å². The van der Waals surface area contributed by atoms with Gasteiger partial charge in [0, 0.05) is 28.1 Å². The van der Waals surface area contributed by atoms with Crippen molar-refractivity contribution in [1.82, 2.24) is 4.98 Å². The number of nitrogens with zero attached hydrogens (tertiary/aromatic N) is 1. The molecule has 1 aromatic heterocycles. The molecule has 0 saturated carbocycles. The maximum absolute atomic E-state index is 12.2. The van der Waals surface area contributed by atoms with E-state index in [0.29, 0.717) is 5.56 Å². The first-order valence-electron chi connectivity index (χ1n) is 5.56. The van der Waals surface area contributed by atoms with Crippen molar-refractivity contribution < 1.29 is 4.79 Å². The molecule has 0 aliphatic heterocycles. The Bertz CT molecular complexity index is 596. The fraction of sp³-hybridized carbons (Fsp3) is 0.143. The summed E-state index contributed by atoms with van der Waals surface area (Å²) in [5, 5.41) is 2.89. The van der Waals surface area contributed by atoms with Crippen LogP contribution in [0.5, 0.6) is 0 Å².